The van der Waals surface area contributed by atoms with Gasteiger partial charge in [0.15, 0.2) is 0 Å². The first-order valence-corrected chi connectivity index (χ1v) is 6.35. The Morgan fingerprint density at radius 3 is 2.94 bits per heavy atom. The lowest BCUT2D eigenvalue weighted by Crippen LogP contribution is -2.24. The lowest BCUT2D eigenvalue weighted by atomic mass is 10.2. The van der Waals surface area contributed by atoms with E-state index in [0.717, 1.165) is 10.5 Å². The molecule has 0 bridgehead atoms. The van der Waals surface area contributed by atoms with E-state index in [4.69, 9.17) is 0 Å². The summed E-state index contributed by atoms with van der Waals surface area (Å²) < 4.78 is 1.63. The molecule has 18 heavy (non-hydrogen) atoms. The zero-order valence-corrected chi connectivity index (χ0v) is 10.5. The number of aromatic nitrogens is 4. The zero-order chi connectivity index (χ0) is 12.5. The van der Waals surface area contributed by atoms with Crippen molar-refractivity contribution in [2.24, 2.45) is 0 Å². The van der Waals surface area contributed by atoms with Gasteiger partial charge in [-0.15, -0.1) is 21.5 Å². The van der Waals surface area contributed by atoms with E-state index < -0.39 is 0 Å². The van der Waals surface area contributed by atoms with Gasteiger partial charge in [-0.05, 0) is 19.1 Å². The minimum atomic E-state index is -0.0340. The van der Waals surface area contributed by atoms with Crippen molar-refractivity contribution in [2.45, 2.75) is 13.5 Å². The van der Waals surface area contributed by atoms with E-state index in [2.05, 4.69) is 15.2 Å². The van der Waals surface area contributed by atoms with Gasteiger partial charge < -0.3 is 0 Å². The van der Waals surface area contributed by atoms with E-state index in [9.17, 15) is 4.79 Å². The van der Waals surface area contributed by atoms with Crippen LogP contribution in [0.5, 0.6) is 0 Å². The maximum Gasteiger partial charge on any atom is 0.261 e. The molecule has 6 heteroatoms. The number of hydrogen-bond acceptors (Lipinski definition) is 5. The Morgan fingerprint density at radius 1 is 1.33 bits per heavy atom. The quantitative estimate of drug-likeness (QED) is 0.700. The van der Waals surface area contributed by atoms with Gasteiger partial charge in [-0.25, -0.2) is 4.98 Å². The molecule has 0 saturated carbocycles. The molecule has 3 rings (SSSR count). The fraction of sp³-hybridized carbons (Fsp3) is 0.167. The fourth-order valence-electron chi connectivity index (χ4n) is 1.87. The van der Waals surface area contributed by atoms with Crippen LogP contribution in [0.15, 0.2) is 34.6 Å². The SMILES string of the molecule is Cc1nc2ccccc2c(=O)n1Cc1nncs1. The van der Waals surface area contributed by atoms with Crippen LogP contribution < -0.4 is 5.56 Å². The Balaban J connectivity index is 2.20. The highest BCUT2D eigenvalue weighted by molar-refractivity contribution is 7.09. The molecule has 0 aliphatic heterocycles. The number of fused-ring (bicyclic) bond motifs is 1. The van der Waals surface area contributed by atoms with Crippen LogP contribution in [0.25, 0.3) is 10.9 Å². The number of para-hydroxylation sites is 1. The van der Waals surface area contributed by atoms with Crippen molar-refractivity contribution in [3.05, 3.63) is 51.0 Å². The Morgan fingerprint density at radius 2 is 2.17 bits per heavy atom. The van der Waals surface area contributed by atoms with E-state index in [1.165, 1.54) is 11.3 Å². The molecule has 0 spiro atoms. The van der Waals surface area contributed by atoms with Crippen LogP contribution in [-0.2, 0) is 6.54 Å². The van der Waals surface area contributed by atoms with Crippen LogP contribution >= 0.6 is 11.3 Å². The summed E-state index contributed by atoms with van der Waals surface area (Å²) >= 11 is 1.43. The monoisotopic (exact) mass is 258 g/mol. The van der Waals surface area contributed by atoms with Crippen molar-refractivity contribution in [2.75, 3.05) is 0 Å². The molecule has 5 nitrogen and oxygen atoms in total. The van der Waals surface area contributed by atoms with Crippen molar-refractivity contribution in [1.29, 1.82) is 0 Å². The number of aryl methyl sites for hydroxylation is 1. The Labute approximate surface area is 107 Å². The molecule has 0 N–H and O–H groups in total. The smallest absolute Gasteiger partial charge is 0.261 e. The molecular weight excluding hydrogens is 248 g/mol. The first kappa shape index (κ1) is 11.0. The first-order valence-electron chi connectivity index (χ1n) is 5.47. The summed E-state index contributed by atoms with van der Waals surface area (Å²) in [7, 11) is 0. The molecule has 0 saturated heterocycles. The van der Waals surface area contributed by atoms with Crippen LogP contribution in [0.4, 0.5) is 0 Å². The van der Waals surface area contributed by atoms with Gasteiger partial charge in [0, 0.05) is 0 Å². The van der Waals surface area contributed by atoms with Crippen molar-refractivity contribution < 1.29 is 0 Å². The molecule has 3 aromatic rings. The fourth-order valence-corrected chi connectivity index (χ4v) is 2.38. The third-order valence-electron chi connectivity index (χ3n) is 2.75. The van der Waals surface area contributed by atoms with Crippen LogP contribution in [0.1, 0.15) is 10.8 Å². The summed E-state index contributed by atoms with van der Waals surface area (Å²) in [4.78, 5) is 16.8. The van der Waals surface area contributed by atoms with E-state index in [-0.39, 0.29) is 5.56 Å². The highest BCUT2D eigenvalue weighted by Gasteiger charge is 2.09. The van der Waals surface area contributed by atoms with Crippen molar-refractivity contribution in [3.8, 4) is 0 Å². The summed E-state index contributed by atoms with van der Waals surface area (Å²) in [6.07, 6.45) is 0. The summed E-state index contributed by atoms with van der Waals surface area (Å²) in [5, 5.41) is 9.16. The Kier molecular flexibility index (Phi) is 2.64. The minimum Gasteiger partial charge on any atom is -0.289 e. The van der Waals surface area contributed by atoms with Crippen LogP contribution in [0.2, 0.25) is 0 Å². The number of benzene rings is 1. The van der Waals surface area contributed by atoms with Gasteiger partial charge in [-0.1, -0.05) is 12.1 Å². The molecule has 90 valence electrons. The van der Waals surface area contributed by atoms with Gasteiger partial charge >= 0.3 is 0 Å². The molecule has 0 fully saturated rings. The molecule has 0 atom stereocenters. The van der Waals surface area contributed by atoms with Gasteiger partial charge in [0.05, 0.1) is 17.4 Å². The minimum absolute atomic E-state index is 0.0340. The maximum atomic E-state index is 12.4. The van der Waals surface area contributed by atoms with Crippen molar-refractivity contribution in [3.63, 3.8) is 0 Å². The molecule has 0 aliphatic carbocycles. The largest absolute Gasteiger partial charge is 0.289 e. The first-order chi connectivity index (χ1) is 8.75. The Hall–Kier alpha value is -2.08. The van der Waals surface area contributed by atoms with Crippen molar-refractivity contribution in [1.82, 2.24) is 19.7 Å². The predicted octanol–water partition coefficient (Wildman–Crippen LogP) is 1.60. The molecule has 1 aromatic carbocycles. The second-order valence-corrected chi connectivity index (χ2v) is 4.82. The average Bonchev–Trinajstić information content (AvgIpc) is 2.87. The van der Waals surface area contributed by atoms with E-state index in [0.29, 0.717) is 17.8 Å². The normalized spacial score (nSPS) is 10.9. The molecule has 0 unspecified atom stereocenters. The van der Waals surface area contributed by atoms with E-state index in [1.807, 2.05) is 25.1 Å². The van der Waals surface area contributed by atoms with Gasteiger partial charge in [-0.3, -0.25) is 9.36 Å². The highest BCUT2D eigenvalue weighted by Crippen LogP contribution is 2.09. The van der Waals surface area contributed by atoms with Crippen molar-refractivity contribution >= 4 is 22.2 Å². The van der Waals surface area contributed by atoms with Crippen LogP contribution in [-0.4, -0.2) is 19.7 Å². The third-order valence-corrected chi connectivity index (χ3v) is 3.43. The average molecular weight is 258 g/mol. The van der Waals surface area contributed by atoms with Gasteiger partial charge in [-0.2, -0.15) is 0 Å². The highest BCUT2D eigenvalue weighted by atomic mass is 32.1. The van der Waals surface area contributed by atoms with E-state index >= 15 is 0 Å². The number of rotatable bonds is 2. The molecule has 2 heterocycles. The molecule has 0 aliphatic rings. The lowest BCUT2D eigenvalue weighted by molar-refractivity contribution is 0.702. The number of nitrogens with zero attached hydrogens (tertiary/aromatic N) is 4. The summed E-state index contributed by atoms with van der Waals surface area (Å²) in [5.41, 5.74) is 2.35. The van der Waals surface area contributed by atoms with Gasteiger partial charge in [0.1, 0.15) is 16.3 Å². The summed E-state index contributed by atoms with van der Waals surface area (Å²) in [6, 6.07) is 7.36. The molecule has 2 aromatic heterocycles. The molecular formula is C12H10N4OS. The van der Waals surface area contributed by atoms with Crippen LogP contribution in [0.3, 0.4) is 0 Å². The lowest BCUT2D eigenvalue weighted by Gasteiger charge is -2.08. The standard InChI is InChI=1S/C12H10N4OS/c1-8-14-10-5-3-2-4-9(10)12(17)16(8)6-11-15-13-7-18-11/h2-5,7H,6H2,1H3. The third kappa shape index (κ3) is 1.80. The van der Waals surface area contributed by atoms with Crippen LogP contribution in [0, 0.1) is 6.92 Å². The zero-order valence-electron chi connectivity index (χ0n) is 9.70. The topological polar surface area (TPSA) is 60.7 Å². The maximum absolute atomic E-state index is 12.4. The predicted molar refractivity (Wildman–Crippen MR) is 69.8 cm³/mol. The summed E-state index contributed by atoms with van der Waals surface area (Å²) in [5.74, 6) is 0.689. The second kappa shape index (κ2) is 4.30. The Bertz CT molecular complexity index is 748. The summed E-state index contributed by atoms with van der Waals surface area (Å²) in [6.45, 7) is 2.25. The van der Waals surface area contributed by atoms with Gasteiger partial charge in [0.25, 0.3) is 5.56 Å². The second-order valence-electron chi connectivity index (χ2n) is 3.90. The molecule has 0 radical (unpaired) electrons. The van der Waals surface area contributed by atoms with E-state index in [1.54, 1.807) is 16.1 Å². The molecule has 0 amide bonds. The van der Waals surface area contributed by atoms with Gasteiger partial charge in [0.2, 0.25) is 0 Å². The number of hydrogen-bond donors (Lipinski definition) is 0.